The second-order valence-electron chi connectivity index (χ2n) is 21.4. The molecule has 0 aromatic heterocycles. The quantitative estimate of drug-likeness (QED) is 0.127. The van der Waals surface area contributed by atoms with Gasteiger partial charge in [0.2, 0.25) is 5.79 Å². The lowest BCUT2D eigenvalue weighted by atomic mass is 9.78. The lowest BCUT2D eigenvalue weighted by molar-refractivity contribution is -0.266. The van der Waals surface area contributed by atoms with Crippen LogP contribution in [0.4, 0.5) is 0 Å². The molecule has 0 aromatic rings. The minimum absolute atomic E-state index is 0.00991. The fraction of sp³-hybridized carbons (Fsp3) is 0.764. The summed E-state index contributed by atoms with van der Waals surface area (Å²) >= 11 is 0. The Morgan fingerprint density at radius 3 is 2.29 bits per heavy atom. The van der Waals surface area contributed by atoms with Gasteiger partial charge in [-0.25, -0.2) is 4.79 Å². The van der Waals surface area contributed by atoms with Gasteiger partial charge in [0.15, 0.2) is 5.78 Å². The van der Waals surface area contributed by atoms with Crippen LogP contribution in [-0.2, 0) is 52.4 Å². The van der Waals surface area contributed by atoms with Gasteiger partial charge in [0, 0.05) is 63.9 Å². The number of aliphatic hydroxyl groups is 3. The number of hydrogen-bond acceptors (Lipinski definition) is 14. The van der Waals surface area contributed by atoms with Crippen LogP contribution in [0.25, 0.3) is 0 Å². The Morgan fingerprint density at radius 2 is 1.60 bits per heavy atom. The van der Waals surface area contributed by atoms with Crippen LogP contribution in [-0.4, -0.2) is 145 Å². The first-order valence-corrected chi connectivity index (χ1v) is 26.1. The summed E-state index contributed by atoms with van der Waals surface area (Å²) in [4.78, 5) is 72.4. The summed E-state index contributed by atoms with van der Waals surface area (Å²) in [6, 6.07) is -1.15. The molecule has 4 heterocycles. The Morgan fingerprint density at radius 1 is 0.857 bits per heavy atom. The van der Waals surface area contributed by atoms with Crippen molar-refractivity contribution >= 4 is 29.2 Å². The number of fused-ring (bicyclic) bond motifs is 3. The molecule has 1 amide bonds. The highest BCUT2D eigenvalue weighted by Gasteiger charge is 2.53. The average molecular weight is 984 g/mol. The molecule has 0 spiro atoms. The zero-order chi connectivity index (χ0) is 51.3. The minimum Gasteiger partial charge on any atom is -0.460 e. The Balaban J connectivity index is 1.47. The summed E-state index contributed by atoms with van der Waals surface area (Å²) in [5.41, 5.74) is 1.29. The first-order valence-electron chi connectivity index (χ1n) is 26.1. The van der Waals surface area contributed by atoms with Crippen LogP contribution in [0.1, 0.15) is 132 Å². The monoisotopic (exact) mass is 984 g/mol. The van der Waals surface area contributed by atoms with Gasteiger partial charge in [-0.15, -0.1) is 0 Å². The summed E-state index contributed by atoms with van der Waals surface area (Å²) in [5, 5.41) is 34.1. The number of carbonyl (C=O) groups excluding carboxylic acids is 5. The SMILES string of the molecule is COC1CC(CC(C)C2CC(=O)C(C)/C=C(\C)C(O)C(OC)C(=O)C(C)CC(C)/C=C/C=C/C=C(\C)C(OCCC3COC3)CC3CCC(C)C(O)(O3)C(=O)C(=O)N3CCCCC3C(=O)O2)CCC1O. The molecule has 1 aliphatic carbocycles. The molecular weight excluding hydrogens is 899 g/mol. The number of cyclic esters (lactones) is 1. The average Bonchev–Trinajstić information content (AvgIpc) is 3.32. The fourth-order valence-corrected chi connectivity index (χ4v) is 10.9. The van der Waals surface area contributed by atoms with Crippen molar-refractivity contribution in [2.45, 2.75) is 186 Å². The topological polar surface area (TPSA) is 205 Å². The van der Waals surface area contributed by atoms with E-state index in [4.69, 9.17) is 28.4 Å². The third-order valence-electron chi connectivity index (χ3n) is 15.7. The first kappa shape index (κ1) is 57.5. The normalized spacial score (nSPS) is 39.6. The van der Waals surface area contributed by atoms with Crippen molar-refractivity contribution in [3.05, 3.63) is 47.6 Å². The number of hydrogen-bond donors (Lipinski definition) is 3. The predicted molar refractivity (Wildman–Crippen MR) is 263 cm³/mol. The smallest absolute Gasteiger partial charge is 0.329 e. The van der Waals surface area contributed by atoms with E-state index in [1.165, 1.54) is 12.0 Å². The molecule has 15 nitrogen and oxygen atoms in total. The van der Waals surface area contributed by atoms with Crippen molar-refractivity contribution in [1.82, 2.24) is 4.90 Å². The van der Waals surface area contributed by atoms with Crippen LogP contribution < -0.4 is 0 Å². The number of ether oxygens (including phenoxy) is 6. The van der Waals surface area contributed by atoms with E-state index in [9.17, 15) is 39.3 Å². The molecule has 0 aromatic carbocycles. The van der Waals surface area contributed by atoms with E-state index in [0.717, 1.165) is 18.4 Å². The van der Waals surface area contributed by atoms with E-state index in [2.05, 4.69) is 0 Å². The predicted octanol–water partition coefficient (Wildman–Crippen LogP) is 6.59. The molecule has 5 aliphatic rings. The first-order chi connectivity index (χ1) is 33.3. The van der Waals surface area contributed by atoms with Gasteiger partial charge in [-0.1, -0.05) is 71.1 Å². The Bertz CT molecular complexity index is 1890. The van der Waals surface area contributed by atoms with Gasteiger partial charge in [-0.2, -0.15) is 0 Å². The zero-order valence-electron chi connectivity index (χ0n) is 43.4. The van der Waals surface area contributed by atoms with E-state index in [0.29, 0.717) is 89.1 Å². The second kappa shape index (κ2) is 27.0. The molecule has 0 radical (unpaired) electrons. The zero-order valence-corrected chi connectivity index (χ0v) is 43.4. The largest absolute Gasteiger partial charge is 0.460 e. The third kappa shape index (κ3) is 15.3. The highest BCUT2D eigenvalue weighted by atomic mass is 16.6. The van der Waals surface area contributed by atoms with Crippen molar-refractivity contribution in [2.24, 2.45) is 41.4 Å². The Kier molecular flexibility index (Phi) is 22.2. The summed E-state index contributed by atoms with van der Waals surface area (Å²) in [7, 11) is 2.95. The van der Waals surface area contributed by atoms with Crippen LogP contribution in [0.15, 0.2) is 47.6 Å². The van der Waals surface area contributed by atoms with Crippen molar-refractivity contribution in [1.29, 1.82) is 0 Å². The van der Waals surface area contributed by atoms with E-state index >= 15 is 0 Å². The molecule has 2 bridgehead atoms. The van der Waals surface area contributed by atoms with E-state index in [1.54, 1.807) is 34.0 Å². The van der Waals surface area contributed by atoms with Gasteiger partial charge in [0.1, 0.15) is 30.1 Å². The molecule has 1 saturated carbocycles. The number of piperidine rings is 1. The fourth-order valence-electron chi connectivity index (χ4n) is 10.9. The van der Waals surface area contributed by atoms with Crippen molar-refractivity contribution < 1.29 is 67.7 Å². The van der Waals surface area contributed by atoms with Gasteiger partial charge in [-0.05, 0) is 113 Å². The maximum Gasteiger partial charge on any atom is 0.329 e. The number of rotatable bonds is 9. The van der Waals surface area contributed by atoms with Crippen LogP contribution in [0.5, 0.6) is 0 Å². The number of nitrogens with zero attached hydrogens (tertiary/aromatic N) is 1. The van der Waals surface area contributed by atoms with Crippen LogP contribution in [0, 0.1) is 41.4 Å². The number of ketones is 3. The number of carbonyl (C=O) groups is 5. The van der Waals surface area contributed by atoms with Crippen LogP contribution in [0.2, 0.25) is 0 Å². The lowest BCUT2D eigenvalue weighted by Gasteiger charge is -2.43. The molecule has 4 aliphatic heterocycles. The molecule has 15 unspecified atom stereocenters. The van der Waals surface area contributed by atoms with Gasteiger partial charge >= 0.3 is 5.97 Å². The summed E-state index contributed by atoms with van der Waals surface area (Å²) < 4.78 is 35.6. The molecule has 15 atom stereocenters. The minimum atomic E-state index is -2.45. The second-order valence-corrected chi connectivity index (χ2v) is 21.4. The highest BCUT2D eigenvalue weighted by Crippen LogP contribution is 2.38. The van der Waals surface area contributed by atoms with Gasteiger partial charge in [0.25, 0.3) is 11.7 Å². The number of methoxy groups -OCH3 is 2. The highest BCUT2D eigenvalue weighted by molar-refractivity contribution is 6.39. The lowest BCUT2D eigenvalue weighted by Crippen LogP contribution is -2.61. The number of amides is 1. The number of allylic oxidation sites excluding steroid dienone is 6. The van der Waals surface area contributed by atoms with Crippen molar-refractivity contribution in [2.75, 3.05) is 40.6 Å². The molecular formula is C55H85NO14. The van der Waals surface area contributed by atoms with Gasteiger partial charge in [-0.3, -0.25) is 19.2 Å². The Hall–Kier alpha value is -3.41. The molecule has 3 N–H and O–H groups in total. The maximum absolute atomic E-state index is 14.5. The molecule has 5 rings (SSSR count). The number of Topliss-reactive ketones (excluding diaryl/α,β-unsaturated/α-hetero) is 3. The molecule has 3 saturated heterocycles. The number of aliphatic hydroxyl groups excluding tert-OH is 2. The summed E-state index contributed by atoms with van der Waals surface area (Å²) in [6.07, 6.45) is 12.1. The standard InChI is InChI=1S/C55H85NO14/c1-33-15-11-10-12-16-34(2)46(68-24-22-41-31-67-32-41)29-42-20-18-39(7)55(64,70-42)52(61)53(62)56-23-14-13-17-43(56)54(63)69-47(36(4)27-40-19-21-44(57)48(28-40)65-8)30-45(58)35(3)26-38(6)50(60)51(66-9)49(59)37(5)25-33/h10-12,15-16,26,33,35-37,39-44,46-48,50-51,57,60,64H,13-14,17-25,27-32H2,1-9H3/b12-10+,15-11+,34-16+,38-26+. The third-order valence-corrected chi connectivity index (χ3v) is 15.7. The summed E-state index contributed by atoms with van der Waals surface area (Å²) in [6.45, 7) is 14.7. The van der Waals surface area contributed by atoms with Gasteiger partial charge in [0.05, 0.1) is 37.6 Å². The van der Waals surface area contributed by atoms with Crippen molar-refractivity contribution in [3.8, 4) is 0 Å². The van der Waals surface area contributed by atoms with Crippen LogP contribution >= 0.6 is 0 Å². The Labute approximate surface area is 416 Å². The van der Waals surface area contributed by atoms with Crippen LogP contribution in [0.3, 0.4) is 0 Å². The maximum atomic E-state index is 14.5. The number of esters is 1. The molecule has 15 heteroatoms. The van der Waals surface area contributed by atoms with E-state index < -0.39 is 83.9 Å². The molecule has 4 fully saturated rings. The van der Waals surface area contributed by atoms with Gasteiger partial charge < -0.3 is 48.6 Å². The molecule has 394 valence electrons. The van der Waals surface area contributed by atoms with E-state index in [1.807, 2.05) is 58.1 Å². The van der Waals surface area contributed by atoms with Crippen molar-refractivity contribution in [3.63, 3.8) is 0 Å². The summed E-state index contributed by atoms with van der Waals surface area (Å²) in [5.74, 6) is -7.60. The van der Waals surface area contributed by atoms with E-state index in [-0.39, 0.29) is 54.8 Å². The molecule has 70 heavy (non-hydrogen) atoms.